The number of ether oxygens (including phenoxy) is 1. The molecule has 0 spiro atoms. The minimum atomic E-state index is 0.0885. The average Bonchev–Trinajstić information content (AvgIpc) is 2.91. The molecule has 0 amide bonds. The second kappa shape index (κ2) is 5.60. The van der Waals surface area contributed by atoms with E-state index in [1.54, 1.807) is 12.3 Å². The molecular weight excluding hydrogens is 230 g/mol. The maximum absolute atomic E-state index is 9.94. The van der Waals surface area contributed by atoms with E-state index in [1.165, 1.54) is 7.11 Å². The number of rotatable bonds is 5. The molecule has 4 nitrogen and oxygen atoms in total. The molecule has 0 aliphatic rings. The zero-order valence-electron chi connectivity index (χ0n) is 10.5. The molecule has 0 bridgehead atoms. The lowest BCUT2D eigenvalue weighted by molar-refractivity contribution is 0.367. The van der Waals surface area contributed by atoms with Gasteiger partial charge in [-0.15, -0.1) is 0 Å². The second-order valence-corrected chi connectivity index (χ2v) is 4.09. The van der Waals surface area contributed by atoms with E-state index in [-0.39, 0.29) is 11.8 Å². The van der Waals surface area contributed by atoms with Crippen LogP contribution in [0.3, 0.4) is 0 Å². The van der Waals surface area contributed by atoms with E-state index in [2.05, 4.69) is 5.32 Å². The number of benzene rings is 1. The Morgan fingerprint density at radius 2 is 2.17 bits per heavy atom. The molecule has 0 aliphatic heterocycles. The number of phenols is 1. The Hall–Kier alpha value is -1.94. The summed E-state index contributed by atoms with van der Waals surface area (Å²) in [6.07, 6.45) is 1.65. The van der Waals surface area contributed by atoms with Gasteiger partial charge in [-0.05, 0) is 25.1 Å². The number of nitrogens with one attached hydrogen (secondary N) is 1. The SMILES string of the molecule is COc1cccc(CN[C@H](C)c2ccco2)c1O. The van der Waals surface area contributed by atoms with E-state index in [9.17, 15) is 5.11 Å². The quantitative estimate of drug-likeness (QED) is 0.853. The molecule has 0 radical (unpaired) electrons. The van der Waals surface area contributed by atoms with Gasteiger partial charge in [-0.25, -0.2) is 0 Å². The van der Waals surface area contributed by atoms with Crippen molar-refractivity contribution in [3.05, 3.63) is 47.9 Å². The summed E-state index contributed by atoms with van der Waals surface area (Å²) in [7, 11) is 1.54. The minimum absolute atomic E-state index is 0.0885. The Balaban J connectivity index is 2.02. The molecule has 2 rings (SSSR count). The lowest BCUT2D eigenvalue weighted by Gasteiger charge is -2.13. The maximum Gasteiger partial charge on any atom is 0.162 e. The van der Waals surface area contributed by atoms with Gasteiger partial charge >= 0.3 is 0 Å². The molecule has 4 heteroatoms. The van der Waals surface area contributed by atoms with Gasteiger partial charge in [0.2, 0.25) is 0 Å². The van der Waals surface area contributed by atoms with Gasteiger partial charge in [0.1, 0.15) is 5.76 Å². The molecule has 1 heterocycles. The zero-order valence-corrected chi connectivity index (χ0v) is 10.5. The van der Waals surface area contributed by atoms with Crippen LogP contribution in [0.4, 0.5) is 0 Å². The van der Waals surface area contributed by atoms with Crippen molar-refractivity contribution >= 4 is 0 Å². The molecule has 96 valence electrons. The fraction of sp³-hybridized carbons (Fsp3) is 0.286. The van der Waals surface area contributed by atoms with Crippen LogP contribution in [0.15, 0.2) is 41.0 Å². The Bertz CT molecular complexity index is 494. The Kier molecular flexibility index (Phi) is 3.89. The third kappa shape index (κ3) is 2.65. The normalized spacial score (nSPS) is 12.3. The van der Waals surface area contributed by atoms with Crippen LogP contribution in [0, 0.1) is 0 Å². The van der Waals surface area contributed by atoms with Crippen LogP contribution < -0.4 is 10.1 Å². The average molecular weight is 247 g/mol. The van der Waals surface area contributed by atoms with Crippen LogP contribution in [0.5, 0.6) is 11.5 Å². The summed E-state index contributed by atoms with van der Waals surface area (Å²) in [5.74, 6) is 1.54. The molecule has 0 saturated carbocycles. The number of phenolic OH excluding ortho intramolecular Hbond substituents is 1. The molecule has 1 aromatic carbocycles. The van der Waals surface area contributed by atoms with Crippen molar-refractivity contribution in [2.75, 3.05) is 7.11 Å². The van der Waals surface area contributed by atoms with Crippen LogP contribution >= 0.6 is 0 Å². The summed E-state index contributed by atoms with van der Waals surface area (Å²) in [5.41, 5.74) is 0.799. The van der Waals surface area contributed by atoms with E-state index >= 15 is 0 Å². The van der Waals surface area contributed by atoms with Crippen molar-refractivity contribution in [3.8, 4) is 11.5 Å². The van der Waals surface area contributed by atoms with E-state index in [0.717, 1.165) is 11.3 Å². The second-order valence-electron chi connectivity index (χ2n) is 4.09. The first-order valence-corrected chi connectivity index (χ1v) is 5.84. The lowest BCUT2D eigenvalue weighted by atomic mass is 10.1. The number of hydrogen-bond donors (Lipinski definition) is 2. The monoisotopic (exact) mass is 247 g/mol. The van der Waals surface area contributed by atoms with Crippen LogP contribution in [0.25, 0.3) is 0 Å². The third-order valence-electron chi connectivity index (χ3n) is 2.87. The predicted molar refractivity (Wildman–Crippen MR) is 68.6 cm³/mol. The molecule has 0 saturated heterocycles. The van der Waals surface area contributed by atoms with Gasteiger partial charge in [0, 0.05) is 12.1 Å². The molecule has 1 atom stereocenters. The number of furan rings is 1. The van der Waals surface area contributed by atoms with Gasteiger partial charge in [0.05, 0.1) is 19.4 Å². The first kappa shape index (κ1) is 12.5. The van der Waals surface area contributed by atoms with Crippen molar-refractivity contribution in [2.24, 2.45) is 0 Å². The van der Waals surface area contributed by atoms with Crippen molar-refractivity contribution < 1.29 is 14.3 Å². The summed E-state index contributed by atoms with van der Waals surface area (Å²) in [6, 6.07) is 9.31. The highest BCUT2D eigenvalue weighted by molar-refractivity contribution is 5.45. The van der Waals surface area contributed by atoms with Gasteiger partial charge < -0.3 is 19.6 Å². The topological polar surface area (TPSA) is 54.6 Å². The molecular formula is C14H17NO3. The van der Waals surface area contributed by atoms with Gasteiger partial charge in [-0.2, -0.15) is 0 Å². The third-order valence-corrected chi connectivity index (χ3v) is 2.87. The van der Waals surface area contributed by atoms with Gasteiger partial charge in [-0.3, -0.25) is 0 Å². The summed E-state index contributed by atoms with van der Waals surface area (Å²) < 4.78 is 10.4. The highest BCUT2D eigenvalue weighted by Crippen LogP contribution is 2.29. The first-order chi connectivity index (χ1) is 8.72. The molecule has 1 aromatic heterocycles. The Morgan fingerprint density at radius 1 is 1.33 bits per heavy atom. The first-order valence-electron chi connectivity index (χ1n) is 5.84. The number of hydrogen-bond acceptors (Lipinski definition) is 4. The van der Waals surface area contributed by atoms with Crippen molar-refractivity contribution in [1.82, 2.24) is 5.32 Å². The Morgan fingerprint density at radius 3 is 2.83 bits per heavy atom. The molecule has 2 aromatic rings. The van der Waals surface area contributed by atoms with E-state index in [0.29, 0.717) is 12.3 Å². The fourth-order valence-corrected chi connectivity index (χ4v) is 1.78. The fourth-order valence-electron chi connectivity index (χ4n) is 1.78. The summed E-state index contributed by atoms with van der Waals surface area (Å²) in [4.78, 5) is 0. The standard InChI is InChI=1S/C14H17NO3/c1-10(12-7-4-8-18-12)15-9-11-5-3-6-13(17-2)14(11)16/h3-8,10,15-16H,9H2,1-2H3/t10-/m1/s1. The highest BCUT2D eigenvalue weighted by Gasteiger charge is 2.10. The molecule has 2 N–H and O–H groups in total. The smallest absolute Gasteiger partial charge is 0.162 e. The van der Waals surface area contributed by atoms with Crippen LogP contribution in [-0.2, 0) is 6.54 Å². The zero-order chi connectivity index (χ0) is 13.0. The van der Waals surface area contributed by atoms with Crippen molar-refractivity contribution in [2.45, 2.75) is 19.5 Å². The summed E-state index contributed by atoms with van der Waals surface area (Å²) >= 11 is 0. The molecule has 0 fully saturated rings. The van der Waals surface area contributed by atoms with Crippen molar-refractivity contribution in [3.63, 3.8) is 0 Å². The lowest BCUT2D eigenvalue weighted by Crippen LogP contribution is -2.17. The van der Waals surface area contributed by atoms with E-state index in [4.69, 9.17) is 9.15 Å². The van der Waals surface area contributed by atoms with E-state index in [1.807, 2.05) is 31.2 Å². The van der Waals surface area contributed by atoms with Gasteiger partial charge in [0.25, 0.3) is 0 Å². The molecule has 0 unspecified atom stereocenters. The largest absolute Gasteiger partial charge is 0.504 e. The Labute approximate surface area is 106 Å². The van der Waals surface area contributed by atoms with Crippen LogP contribution in [0.1, 0.15) is 24.3 Å². The summed E-state index contributed by atoms with van der Waals surface area (Å²) in [6.45, 7) is 2.56. The number of methoxy groups -OCH3 is 1. The molecule has 0 aliphatic carbocycles. The highest BCUT2D eigenvalue weighted by atomic mass is 16.5. The number of para-hydroxylation sites is 1. The number of aromatic hydroxyl groups is 1. The van der Waals surface area contributed by atoms with Gasteiger partial charge in [-0.1, -0.05) is 12.1 Å². The minimum Gasteiger partial charge on any atom is -0.504 e. The molecule has 18 heavy (non-hydrogen) atoms. The van der Waals surface area contributed by atoms with E-state index < -0.39 is 0 Å². The van der Waals surface area contributed by atoms with Crippen LogP contribution in [0.2, 0.25) is 0 Å². The predicted octanol–water partition coefficient (Wildman–Crippen LogP) is 2.84. The van der Waals surface area contributed by atoms with Crippen LogP contribution in [-0.4, -0.2) is 12.2 Å². The maximum atomic E-state index is 9.94. The van der Waals surface area contributed by atoms with Gasteiger partial charge in [0.15, 0.2) is 11.5 Å². The summed E-state index contributed by atoms with van der Waals surface area (Å²) in [5, 5.41) is 13.2. The van der Waals surface area contributed by atoms with Crippen molar-refractivity contribution in [1.29, 1.82) is 0 Å².